The zero-order valence-electron chi connectivity index (χ0n) is 17.0. The molecule has 2 aromatic carbocycles. The lowest BCUT2D eigenvalue weighted by atomic mass is 9.93. The molecule has 0 bridgehead atoms. The Bertz CT molecular complexity index is 1130. The molecule has 3 aromatic rings. The number of amides is 2. The first-order valence-corrected chi connectivity index (χ1v) is 9.95. The van der Waals surface area contributed by atoms with Gasteiger partial charge in [0.2, 0.25) is 0 Å². The maximum atomic E-state index is 12.7. The number of fused-ring (bicyclic) bond motifs is 1. The van der Waals surface area contributed by atoms with Crippen molar-refractivity contribution in [1.29, 1.82) is 0 Å². The van der Waals surface area contributed by atoms with Crippen LogP contribution in [0.15, 0.2) is 64.1 Å². The van der Waals surface area contributed by atoms with Gasteiger partial charge in [0, 0.05) is 28.8 Å². The lowest BCUT2D eigenvalue weighted by Gasteiger charge is -2.13. The minimum Gasteiger partial charge on any atom is -0.455 e. The Balaban J connectivity index is 1.57. The van der Waals surface area contributed by atoms with E-state index in [4.69, 9.17) is 4.42 Å². The molecule has 1 aliphatic carbocycles. The predicted octanol–water partition coefficient (Wildman–Crippen LogP) is 4.62. The minimum absolute atomic E-state index is 0.262. The Kier molecular flexibility index (Phi) is 5.48. The molecule has 0 aliphatic heterocycles. The molecule has 0 saturated heterocycles. The average Bonchev–Trinajstić information content (AvgIpc) is 3.10. The van der Waals surface area contributed by atoms with Gasteiger partial charge in [0.05, 0.1) is 5.71 Å². The highest BCUT2D eigenvalue weighted by molar-refractivity contribution is 6.09. The van der Waals surface area contributed by atoms with Crippen LogP contribution in [0.25, 0.3) is 0 Å². The van der Waals surface area contributed by atoms with Crippen LogP contribution < -0.4 is 10.7 Å². The summed E-state index contributed by atoms with van der Waals surface area (Å²) in [6.45, 7) is 3.79. The number of nitrogens with zero attached hydrogens (tertiary/aromatic N) is 1. The fraction of sp³-hybridized carbons (Fsp3) is 0.208. The molecule has 6 nitrogen and oxygen atoms in total. The number of benzene rings is 2. The molecule has 0 atom stereocenters. The molecule has 1 aliphatic rings. The number of nitrogens with one attached hydrogen (secondary N) is 2. The van der Waals surface area contributed by atoms with Crippen molar-refractivity contribution in [3.63, 3.8) is 0 Å². The summed E-state index contributed by atoms with van der Waals surface area (Å²) in [6.07, 6.45) is 2.29. The molecule has 4 rings (SSSR count). The van der Waals surface area contributed by atoms with Gasteiger partial charge in [-0.25, -0.2) is 5.43 Å². The van der Waals surface area contributed by atoms with Crippen LogP contribution in [0.1, 0.15) is 56.2 Å². The van der Waals surface area contributed by atoms with Crippen LogP contribution in [0.3, 0.4) is 0 Å². The van der Waals surface area contributed by atoms with E-state index in [2.05, 4.69) is 15.8 Å². The van der Waals surface area contributed by atoms with E-state index in [0.717, 1.165) is 41.0 Å². The van der Waals surface area contributed by atoms with Crippen LogP contribution >= 0.6 is 0 Å². The molecule has 0 radical (unpaired) electrons. The number of carbonyl (C=O) groups is 2. The van der Waals surface area contributed by atoms with Gasteiger partial charge in [-0.15, -0.1) is 0 Å². The van der Waals surface area contributed by atoms with Crippen molar-refractivity contribution in [2.75, 3.05) is 5.32 Å². The highest BCUT2D eigenvalue weighted by Crippen LogP contribution is 2.30. The van der Waals surface area contributed by atoms with E-state index in [0.29, 0.717) is 17.7 Å². The fourth-order valence-electron chi connectivity index (χ4n) is 3.68. The van der Waals surface area contributed by atoms with Crippen LogP contribution in [0.5, 0.6) is 0 Å². The van der Waals surface area contributed by atoms with Gasteiger partial charge in [0.25, 0.3) is 11.8 Å². The van der Waals surface area contributed by atoms with Crippen molar-refractivity contribution in [2.24, 2.45) is 5.10 Å². The Morgan fingerprint density at radius 2 is 1.77 bits per heavy atom. The Morgan fingerprint density at radius 1 is 0.967 bits per heavy atom. The number of furan rings is 1. The lowest BCUT2D eigenvalue weighted by molar-refractivity contribution is 0.0953. The second-order valence-corrected chi connectivity index (χ2v) is 7.40. The molecule has 2 amide bonds. The molecule has 6 heteroatoms. The van der Waals surface area contributed by atoms with Crippen LogP contribution in [0.2, 0.25) is 0 Å². The Hall–Kier alpha value is -3.67. The summed E-state index contributed by atoms with van der Waals surface area (Å²) in [5.74, 6) is 0.460. The molecule has 152 valence electrons. The normalized spacial score (nSPS) is 14.3. The standard InChI is InChI=1S/C24H23N3O3/c1-15-8-6-9-17(14-15)23(28)27-26-19-12-7-13-20-21(19)16(2)22(30-20)24(29)25-18-10-4-3-5-11-18/h3-6,8-11,14H,7,12-13H2,1-2H3,(H,25,29)(H,27,28)/b26-19+. The summed E-state index contributed by atoms with van der Waals surface area (Å²) in [5, 5.41) is 7.23. The number of hydrogen-bond donors (Lipinski definition) is 2. The number of para-hydroxylation sites is 1. The number of aryl methyl sites for hydroxylation is 2. The zero-order chi connectivity index (χ0) is 21.1. The largest absolute Gasteiger partial charge is 0.455 e. The molecule has 2 N–H and O–H groups in total. The van der Waals surface area contributed by atoms with Crippen LogP contribution in [0, 0.1) is 13.8 Å². The quantitative estimate of drug-likeness (QED) is 0.626. The monoisotopic (exact) mass is 401 g/mol. The lowest BCUT2D eigenvalue weighted by Crippen LogP contribution is -2.22. The molecule has 0 fully saturated rings. The summed E-state index contributed by atoms with van der Waals surface area (Å²) >= 11 is 0. The van der Waals surface area contributed by atoms with Crippen LogP contribution in [0.4, 0.5) is 5.69 Å². The Labute approximate surface area is 175 Å². The number of anilines is 1. The number of hydrazone groups is 1. The maximum absolute atomic E-state index is 12.7. The number of carbonyl (C=O) groups excluding carboxylic acids is 2. The summed E-state index contributed by atoms with van der Waals surface area (Å²) in [6, 6.07) is 16.6. The predicted molar refractivity (Wildman–Crippen MR) is 116 cm³/mol. The molecular formula is C24H23N3O3. The van der Waals surface area contributed by atoms with Gasteiger partial charge in [0.1, 0.15) is 5.76 Å². The van der Waals surface area contributed by atoms with Crippen LogP contribution in [-0.2, 0) is 6.42 Å². The molecule has 1 aromatic heterocycles. The van der Waals surface area contributed by atoms with E-state index >= 15 is 0 Å². The van der Waals surface area contributed by atoms with Crippen molar-refractivity contribution >= 4 is 23.2 Å². The summed E-state index contributed by atoms with van der Waals surface area (Å²) in [5.41, 5.74) is 7.21. The highest BCUT2D eigenvalue weighted by atomic mass is 16.4. The summed E-state index contributed by atoms with van der Waals surface area (Å²) in [4.78, 5) is 25.2. The van der Waals surface area contributed by atoms with Crippen molar-refractivity contribution < 1.29 is 14.0 Å². The Morgan fingerprint density at radius 3 is 2.53 bits per heavy atom. The fourth-order valence-corrected chi connectivity index (χ4v) is 3.68. The molecule has 30 heavy (non-hydrogen) atoms. The van der Waals surface area contributed by atoms with Crippen molar-refractivity contribution in [3.05, 3.63) is 88.4 Å². The van der Waals surface area contributed by atoms with Gasteiger partial charge < -0.3 is 9.73 Å². The SMILES string of the molecule is Cc1cccc(C(=O)N/N=C2\CCCc3oc(C(=O)Nc4ccccc4)c(C)c32)c1. The van der Waals surface area contributed by atoms with Gasteiger partial charge >= 0.3 is 0 Å². The molecule has 0 saturated carbocycles. The van der Waals surface area contributed by atoms with Gasteiger partial charge in [0.15, 0.2) is 5.76 Å². The van der Waals surface area contributed by atoms with E-state index in [1.54, 1.807) is 6.07 Å². The van der Waals surface area contributed by atoms with E-state index < -0.39 is 0 Å². The third kappa shape index (κ3) is 4.03. The average molecular weight is 401 g/mol. The first-order chi connectivity index (χ1) is 14.5. The first-order valence-electron chi connectivity index (χ1n) is 9.95. The summed E-state index contributed by atoms with van der Waals surface area (Å²) < 4.78 is 5.90. The van der Waals surface area contributed by atoms with E-state index in [1.165, 1.54) is 0 Å². The van der Waals surface area contributed by atoms with E-state index in [9.17, 15) is 9.59 Å². The van der Waals surface area contributed by atoms with Gasteiger partial charge in [-0.3, -0.25) is 9.59 Å². The van der Waals surface area contributed by atoms with Crippen molar-refractivity contribution in [3.8, 4) is 0 Å². The zero-order valence-corrected chi connectivity index (χ0v) is 17.0. The maximum Gasteiger partial charge on any atom is 0.291 e. The molecule has 0 unspecified atom stereocenters. The minimum atomic E-state index is -0.295. The highest BCUT2D eigenvalue weighted by Gasteiger charge is 2.28. The number of rotatable bonds is 4. The van der Waals surface area contributed by atoms with Gasteiger partial charge in [-0.1, -0.05) is 35.9 Å². The molecule has 0 spiro atoms. The second-order valence-electron chi connectivity index (χ2n) is 7.40. The first kappa shape index (κ1) is 19.6. The van der Waals surface area contributed by atoms with Crippen LogP contribution in [-0.4, -0.2) is 17.5 Å². The van der Waals surface area contributed by atoms with E-state index in [1.807, 2.05) is 62.4 Å². The second kappa shape index (κ2) is 8.37. The van der Waals surface area contributed by atoms with E-state index in [-0.39, 0.29) is 17.6 Å². The third-order valence-electron chi connectivity index (χ3n) is 5.14. The summed E-state index contributed by atoms with van der Waals surface area (Å²) in [7, 11) is 0. The molecular weight excluding hydrogens is 378 g/mol. The molecule has 1 heterocycles. The van der Waals surface area contributed by atoms with Crippen molar-refractivity contribution in [1.82, 2.24) is 5.43 Å². The van der Waals surface area contributed by atoms with Gasteiger partial charge in [-0.2, -0.15) is 5.10 Å². The van der Waals surface area contributed by atoms with Crippen molar-refractivity contribution in [2.45, 2.75) is 33.1 Å². The smallest absolute Gasteiger partial charge is 0.291 e. The topological polar surface area (TPSA) is 83.7 Å². The van der Waals surface area contributed by atoms with Gasteiger partial charge in [-0.05, 0) is 51.0 Å². The third-order valence-corrected chi connectivity index (χ3v) is 5.14. The number of hydrogen-bond acceptors (Lipinski definition) is 4.